The van der Waals surface area contributed by atoms with E-state index in [4.69, 9.17) is 20.8 Å². The van der Waals surface area contributed by atoms with Crippen LogP contribution in [0.4, 0.5) is 6.01 Å². The Morgan fingerprint density at radius 2 is 2.07 bits per heavy atom. The first-order valence-electron chi connectivity index (χ1n) is 4.67. The van der Waals surface area contributed by atoms with Crippen LogP contribution >= 0.6 is 11.6 Å². The number of anilines is 1. The molecule has 0 aliphatic carbocycles. The van der Waals surface area contributed by atoms with Crippen molar-refractivity contribution in [2.24, 2.45) is 0 Å². The Kier molecular flexibility index (Phi) is 2.65. The second kappa shape index (κ2) is 3.79. The van der Waals surface area contributed by atoms with E-state index >= 15 is 0 Å². The molecular formula is C9H13ClN2O2. The van der Waals surface area contributed by atoms with Gasteiger partial charge < -0.3 is 14.1 Å². The van der Waals surface area contributed by atoms with Crippen LogP contribution in [0, 0.1) is 0 Å². The number of ether oxygens (including phenoxy) is 1. The molecule has 0 amide bonds. The molecule has 0 N–H and O–H groups in total. The molecule has 0 bridgehead atoms. The summed E-state index contributed by atoms with van der Waals surface area (Å²) in [5, 5.41) is 0.326. The van der Waals surface area contributed by atoms with Gasteiger partial charge in [-0.3, -0.25) is 0 Å². The van der Waals surface area contributed by atoms with Gasteiger partial charge in [-0.1, -0.05) is 0 Å². The molecule has 0 saturated carbocycles. The molecule has 1 aromatic heterocycles. The fourth-order valence-corrected chi connectivity index (χ4v) is 1.84. The van der Waals surface area contributed by atoms with E-state index in [0.29, 0.717) is 11.2 Å². The number of aromatic nitrogens is 1. The van der Waals surface area contributed by atoms with E-state index in [2.05, 4.69) is 4.98 Å². The highest BCUT2D eigenvalue weighted by Crippen LogP contribution is 2.21. The second-order valence-corrected chi connectivity index (χ2v) is 3.98. The first-order valence-corrected chi connectivity index (χ1v) is 5.04. The van der Waals surface area contributed by atoms with Gasteiger partial charge in [0.1, 0.15) is 0 Å². The number of rotatable bonds is 1. The lowest BCUT2D eigenvalue weighted by molar-refractivity contribution is -0.00669. The van der Waals surface area contributed by atoms with Gasteiger partial charge in [0.15, 0.2) is 0 Å². The Morgan fingerprint density at radius 3 is 2.57 bits per heavy atom. The van der Waals surface area contributed by atoms with Gasteiger partial charge in [0.2, 0.25) is 5.22 Å². The first kappa shape index (κ1) is 9.80. The zero-order valence-electron chi connectivity index (χ0n) is 8.24. The predicted octanol–water partition coefficient (Wildman–Crippen LogP) is 1.94. The maximum Gasteiger partial charge on any atom is 0.298 e. The Labute approximate surface area is 87.8 Å². The van der Waals surface area contributed by atoms with E-state index in [9.17, 15) is 0 Å². The lowest BCUT2D eigenvalue weighted by atomic mass is 10.2. The molecule has 2 rings (SSSR count). The molecule has 1 aliphatic heterocycles. The van der Waals surface area contributed by atoms with Crippen molar-refractivity contribution >= 4 is 17.6 Å². The van der Waals surface area contributed by atoms with Gasteiger partial charge >= 0.3 is 0 Å². The fraction of sp³-hybridized carbons (Fsp3) is 0.667. The third-order valence-corrected chi connectivity index (χ3v) is 2.33. The van der Waals surface area contributed by atoms with Crippen LogP contribution in [0.25, 0.3) is 0 Å². The summed E-state index contributed by atoms with van der Waals surface area (Å²) in [4.78, 5) is 6.13. The molecule has 1 fully saturated rings. The first-order chi connectivity index (χ1) is 6.65. The third-order valence-electron chi connectivity index (χ3n) is 2.16. The predicted molar refractivity (Wildman–Crippen MR) is 53.7 cm³/mol. The highest BCUT2D eigenvalue weighted by atomic mass is 35.5. The van der Waals surface area contributed by atoms with Crippen molar-refractivity contribution in [3.63, 3.8) is 0 Å². The molecule has 0 radical (unpaired) electrons. The summed E-state index contributed by atoms with van der Waals surface area (Å²) < 4.78 is 10.8. The van der Waals surface area contributed by atoms with E-state index in [0.717, 1.165) is 13.1 Å². The van der Waals surface area contributed by atoms with E-state index < -0.39 is 0 Å². The quantitative estimate of drug-likeness (QED) is 0.719. The largest absolute Gasteiger partial charge is 0.412 e. The highest BCUT2D eigenvalue weighted by Gasteiger charge is 2.25. The van der Waals surface area contributed by atoms with Gasteiger partial charge in [-0.05, 0) is 25.4 Å². The average Bonchev–Trinajstić information content (AvgIpc) is 2.50. The Hall–Kier alpha value is -0.740. The fourth-order valence-electron chi connectivity index (χ4n) is 1.73. The molecule has 1 saturated heterocycles. The normalized spacial score (nSPS) is 28.1. The van der Waals surface area contributed by atoms with Crippen molar-refractivity contribution in [1.82, 2.24) is 4.98 Å². The second-order valence-electron chi connectivity index (χ2n) is 3.61. The van der Waals surface area contributed by atoms with E-state index in [1.807, 2.05) is 18.7 Å². The number of morpholine rings is 1. The summed E-state index contributed by atoms with van der Waals surface area (Å²) in [6.07, 6.45) is 1.91. The standard InChI is InChI=1S/C9H13ClN2O2/c1-6-4-12(5-7(2)13-6)9-11-3-8(10)14-9/h3,6-7H,4-5H2,1-2H3. The summed E-state index contributed by atoms with van der Waals surface area (Å²) in [6, 6.07) is 0.581. The van der Waals surface area contributed by atoms with Gasteiger partial charge in [-0.25, -0.2) is 4.98 Å². The number of hydrogen-bond donors (Lipinski definition) is 0. The average molecular weight is 217 g/mol. The third kappa shape index (κ3) is 2.01. The molecule has 1 aliphatic rings. The minimum absolute atomic E-state index is 0.199. The Morgan fingerprint density at radius 1 is 1.43 bits per heavy atom. The zero-order valence-corrected chi connectivity index (χ0v) is 8.99. The van der Waals surface area contributed by atoms with Crippen molar-refractivity contribution in [3.05, 3.63) is 11.4 Å². The van der Waals surface area contributed by atoms with Crippen molar-refractivity contribution < 1.29 is 9.15 Å². The number of nitrogens with zero attached hydrogens (tertiary/aromatic N) is 2. The van der Waals surface area contributed by atoms with Gasteiger partial charge in [0, 0.05) is 13.1 Å². The van der Waals surface area contributed by atoms with E-state index in [1.165, 1.54) is 6.20 Å². The van der Waals surface area contributed by atoms with Gasteiger partial charge in [0.25, 0.3) is 6.01 Å². The Balaban J connectivity index is 2.10. The SMILES string of the molecule is CC1CN(c2ncc(Cl)o2)CC(C)O1. The van der Waals surface area contributed by atoms with Gasteiger partial charge in [-0.2, -0.15) is 0 Å². The van der Waals surface area contributed by atoms with Gasteiger partial charge in [-0.15, -0.1) is 0 Å². The molecule has 0 aromatic carbocycles. The lowest BCUT2D eigenvalue weighted by Crippen LogP contribution is -2.45. The van der Waals surface area contributed by atoms with Crippen LogP contribution in [0.5, 0.6) is 0 Å². The molecule has 1 aromatic rings. The zero-order chi connectivity index (χ0) is 10.1. The maximum absolute atomic E-state index is 5.67. The molecule has 2 atom stereocenters. The minimum atomic E-state index is 0.199. The highest BCUT2D eigenvalue weighted by molar-refractivity contribution is 6.28. The monoisotopic (exact) mass is 216 g/mol. The Bertz CT molecular complexity index is 306. The summed E-state index contributed by atoms with van der Waals surface area (Å²) in [7, 11) is 0. The van der Waals surface area contributed by atoms with Crippen LogP contribution in [0.2, 0.25) is 5.22 Å². The van der Waals surface area contributed by atoms with Crippen LogP contribution in [0.15, 0.2) is 10.6 Å². The van der Waals surface area contributed by atoms with Crippen LogP contribution in [0.1, 0.15) is 13.8 Å². The molecule has 5 heteroatoms. The number of oxazole rings is 1. The lowest BCUT2D eigenvalue weighted by Gasteiger charge is -2.34. The summed E-state index contributed by atoms with van der Waals surface area (Å²) in [5.74, 6) is 0. The molecule has 78 valence electrons. The molecular weight excluding hydrogens is 204 g/mol. The summed E-state index contributed by atoms with van der Waals surface area (Å²) >= 11 is 5.67. The van der Waals surface area contributed by atoms with Crippen molar-refractivity contribution in [2.45, 2.75) is 26.1 Å². The van der Waals surface area contributed by atoms with Crippen molar-refractivity contribution in [1.29, 1.82) is 0 Å². The van der Waals surface area contributed by atoms with Crippen LogP contribution in [0.3, 0.4) is 0 Å². The summed E-state index contributed by atoms with van der Waals surface area (Å²) in [5.41, 5.74) is 0. The molecule has 2 heterocycles. The van der Waals surface area contributed by atoms with Crippen LogP contribution in [-0.4, -0.2) is 30.3 Å². The molecule has 14 heavy (non-hydrogen) atoms. The van der Waals surface area contributed by atoms with Gasteiger partial charge in [0.05, 0.1) is 18.4 Å². The van der Waals surface area contributed by atoms with E-state index in [-0.39, 0.29) is 12.2 Å². The van der Waals surface area contributed by atoms with Crippen LogP contribution < -0.4 is 4.90 Å². The minimum Gasteiger partial charge on any atom is -0.412 e. The maximum atomic E-state index is 5.67. The smallest absolute Gasteiger partial charge is 0.298 e. The molecule has 2 unspecified atom stereocenters. The van der Waals surface area contributed by atoms with E-state index in [1.54, 1.807) is 0 Å². The number of halogens is 1. The topological polar surface area (TPSA) is 38.5 Å². The molecule has 4 nitrogen and oxygen atoms in total. The summed E-state index contributed by atoms with van der Waals surface area (Å²) in [6.45, 7) is 5.66. The molecule has 0 spiro atoms. The van der Waals surface area contributed by atoms with Crippen molar-refractivity contribution in [2.75, 3.05) is 18.0 Å². The number of hydrogen-bond acceptors (Lipinski definition) is 4. The van der Waals surface area contributed by atoms with Crippen LogP contribution in [-0.2, 0) is 4.74 Å². The van der Waals surface area contributed by atoms with Crippen molar-refractivity contribution in [3.8, 4) is 0 Å².